The Morgan fingerprint density at radius 1 is 0.917 bits per heavy atom. The number of halogens is 2. The van der Waals surface area contributed by atoms with Crippen molar-refractivity contribution in [2.75, 3.05) is 24.0 Å². The lowest BCUT2D eigenvalue weighted by molar-refractivity contribution is -0.119. The standard InChI is InChI=1S/C27H24Cl2N2O4S/c1-19-9-12-22(13-10-19)36(33,34)31(21-11-14-24(28)25(29)17-21)18-27(32)30-15-16-35-26-8-4-6-20-5-2-3-7-23(20)26/h2-14,17H,15-16,18H2,1H3,(H,30,32). The zero-order valence-electron chi connectivity index (χ0n) is 19.4. The minimum absolute atomic E-state index is 0.0614. The van der Waals surface area contributed by atoms with Gasteiger partial charge in [-0.3, -0.25) is 9.10 Å². The molecule has 0 saturated heterocycles. The molecular formula is C27H24Cl2N2O4S. The number of hydrogen-bond donors (Lipinski definition) is 1. The number of carbonyl (C=O) groups excluding carboxylic acids is 1. The van der Waals surface area contributed by atoms with Crippen LogP contribution in [0.2, 0.25) is 10.0 Å². The van der Waals surface area contributed by atoms with Crippen molar-refractivity contribution < 1.29 is 17.9 Å². The van der Waals surface area contributed by atoms with Gasteiger partial charge in [-0.15, -0.1) is 0 Å². The van der Waals surface area contributed by atoms with E-state index in [0.717, 1.165) is 20.6 Å². The summed E-state index contributed by atoms with van der Waals surface area (Å²) in [4.78, 5) is 12.9. The molecule has 0 aliphatic carbocycles. The molecule has 0 aromatic heterocycles. The second-order valence-electron chi connectivity index (χ2n) is 8.10. The largest absolute Gasteiger partial charge is 0.491 e. The number of benzene rings is 4. The van der Waals surface area contributed by atoms with Crippen LogP contribution >= 0.6 is 23.2 Å². The third kappa shape index (κ3) is 5.93. The molecule has 4 aromatic rings. The highest BCUT2D eigenvalue weighted by Crippen LogP contribution is 2.30. The average Bonchev–Trinajstić information content (AvgIpc) is 2.87. The molecule has 4 aromatic carbocycles. The summed E-state index contributed by atoms with van der Waals surface area (Å²) in [6, 6.07) is 24.5. The Balaban J connectivity index is 1.47. The second-order valence-corrected chi connectivity index (χ2v) is 10.8. The van der Waals surface area contributed by atoms with Gasteiger partial charge < -0.3 is 10.1 Å². The number of nitrogens with one attached hydrogen (secondary N) is 1. The van der Waals surface area contributed by atoms with Crippen molar-refractivity contribution in [2.24, 2.45) is 0 Å². The number of sulfonamides is 1. The molecule has 0 saturated carbocycles. The van der Waals surface area contributed by atoms with Gasteiger partial charge in [0.1, 0.15) is 18.9 Å². The summed E-state index contributed by atoms with van der Waals surface area (Å²) < 4.78 is 33.8. The van der Waals surface area contributed by atoms with Gasteiger partial charge in [-0.25, -0.2) is 8.42 Å². The van der Waals surface area contributed by atoms with Gasteiger partial charge in [0, 0.05) is 5.39 Å². The SMILES string of the molecule is Cc1ccc(S(=O)(=O)N(CC(=O)NCCOc2cccc3ccccc23)c2ccc(Cl)c(Cl)c2)cc1. The normalized spacial score (nSPS) is 11.3. The molecular weight excluding hydrogens is 519 g/mol. The lowest BCUT2D eigenvalue weighted by atomic mass is 10.1. The van der Waals surface area contributed by atoms with Crippen molar-refractivity contribution in [1.82, 2.24) is 5.32 Å². The minimum atomic E-state index is -4.05. The number of anilines is 1. The highest BCUT2D eigenvalue weighted by atomic mass is 35.5. The van der Waals surface area contributed by atoms with E-state index in [1.54, 1.807) is 12.1 Å². The summed E-state index contributed by atoms with van der Waals surface area (Å²) in [5, 5.41) is 5.22. The third-order valence-corrected chi connectivity index (χ3v) is 8.05. The fourth-order valence-electron chi connectivity index (χ4n) is 3.65. The molecule has 1 amide bonds. The van der Waals surface area contributed by atoms with E-state index in [1.807, 2.05) is 49.4 Å². The maximum atomic E-state index is 13.5. The predicted octanol–water partition coefficient (Wildman–Crippen LogP) is 5.85. The van der Waals surface area contributed by atoms with Crippen molar-refractivity contribution in [2.45, 2.75) is 11.8 Å². The zero-order valence-corrected chi connectivity index (χ0v) is 21.8. The van der Waals surface area contributed by atoms with Gasteiger partial charge in [0.25, 0.3) is 10.0 Å². The molecule has 36 heavy (non-hydrogen) atoms. The fraction of sp³-hybridized carbons (Fsp3) is 0.148. The first kappa shape index (κ1) is 25.8. The van der Waals surface area contributed by atoms with Crippen LogP contribution in [0.3, 0.4) is 0 Å². The maximum absolute atomic E-state index is 13.5. The first-order chi connectivity index (χ1) is 17.3. The quantitative estimate of drug-likeness (QED) is 0.269. The number of rotatable bonds is 9. The number of hydrogen-bond acceptors (Lipinski definition) is 4. The number of nitrogens with zero attached hydrogens (tertiary/aromatic N) is 1. The average molecular weight is 543 g/mol. The van der Waals surface area contributed by atoms with Crippen molar-refractivity contribution in [3.63, 3.8) is 0 Å². The Labute approximate surface area is 220 Å². The van der Waals surface area contributed by atoms with Crippen LogP contribution in [0.15, 0.2) is 89.8 Å². The Bertz CT molecular complexity index is 1490. The Morgan fingerprint density at radius 3 is 2.39 bits per heavy atom. The van der Waals surface area contributed by atoms with E-state index in [0.29, 0.717) is 5.75 Å². The number of carbonyl (C=O) groups is 1. The molecule has 0 heterocycles. The van der Waals surface area contributed by atoms with E-state index >= 15 is 0 Å². The Hall–Kier alpha value is -3.26. The van der Waals surface area contributed by atoms with Crippen molar-refractivity contribution in [3.8, 4) is 5.75 Å². The first-order valence-electron chi connectivity index (χ1n) is 11.2. The number of ether oxygens (including phenoxy) is 1. The highest BCUT2D eigenvalue weighted by Gasteiger charge is 2.27. The lowest BCUT2D eigenvalue weighted by Gasteiger charge is -2.24. The molecule has 0 unspecified atom stereocenters. The minimum Gasteiger partial charge on any atom is -0.491 e. The Kier molecular flexibility index (Phi) is 8.04. The van der Waals surface area contributed by atoms with E-state index < -0.39 is 22.5 Å². The second kappa shape index (κ2) is 11.2. The molecule has 0 spiro atoms. The van der Waals surface area contributed by atoms with Gasteiger partial charge in [-0.2, -0.15) is 0 Å². The molecule has 0 bridgehead atoms. The monoisotopic (exact) mass is 542 g/mol. The summed E-state index contributed by atoms with van der Waals surface area (Å²) in [7, 11) is -4.05. The molecule has 9 heteroatoms. The van der Waals surface area contributed by atoms with Gasteiger partial charge >= 0.3 is 0 Å². The van der Waals surface area contributed by atoms with Crippen LogP contribution in [0, 0.1) is 6.92 Å². The van der Waals surface area contributed by atoms with Crippen LogP contribution < -0.4 is 14.4 Å². The van der Waals surface area contributed by atoms with Crippen LogP contribution in [-0.4, -0.2) is 34.0 Å². The first-order valence-corrected chi connectivity index (χ1v) is 13.4. The van der Waals surface area contributed by atoms with Gasteiger partial charge in [-0.1, -0.05) is 77.3 Å². The van der Waals surface area contributed by atoms with Crippen molar-refractivity contribution in [1.29, 1.82) is 0 Å². The zero-order chi connectivity index (χ0) is 25.7. The molecule has 0 fully saturated rings. The molecule has 4 rings (SSSR count). The molecule has 1 N–H and O–H groups in total. The summed E-state index contributed by atoms with van der Waals surface area (Å²) in [6.07, 6.45) is 0. The summed E-state index contributed by atoms with van der Waals surface area (Å²) in [6.45, 7) is 1.84. The van der Waals surface area contributed by atoms with E-state index in [2.05, 4.69) is 5.32 Å². The number of fused-ring (bicyclic) bond motifs is 1. The smallest absolute Gasteiger partial charge is 0.264 e. The van der Waals surface area contributed by atoms with Crippen LogP contribution in [0.5, 0.6) is 5.75 Å². The van der Waals surface area contributed by atoms with Gasteiger partial charge in [0.2, 0.25) is 5.91 Å². The molecule has 6 nitrogen and oxygen atoms in total. The predicted molar refractivity (Wildman–Crippen MR) is 145 cm³/mol. The summed E-state index contributed by atoms with van der Waals surface area (Å²) >= 11 is 12.2. The fourth-order valence-corrected chi connectivity index (χ4v) is 5.36. The maximum Gasteiger partial charge on any atom is 0.264 e. The molecule has 0 radical (unpaired) electrons. The Morgan fingerprint density at radius 2 is 1.64 bits per heavy atom. The van der Waals surface area contributed by atoms with Gasteiger partial charge in [0.15, 0.2) is 0 Å². The highest BCUT2D eigenvalue weighted by molar-refractivity contribution is 7.92. The topological polar surface area (TPSA) is 75.7 Å². The molecule has 0 atom stereocenters. The van der Waals surface area contributed by atoms with Crippen molar-refractivity contribution >= 4 is 55.6 Å². The van der Waals surface area contributed by atoms with E-state index in [9.17, 15) is 13.2 Å². The van der Waals surface area contributed by atoms with Gasteiger partial charge in [-0.05, 0) is 48.7 Å². The summed E-state index contributed by atoms with van der Waals surface area (Å²) in [5.41, 5.74) is 1.14. The van der Waals surface area contributed by atoms with Crippen molar-refractivity contribution in [3.05, 3.63) is 101 Å². The van der Waals surface area contributed by atoms with E-state index in [1.165, 1.54) is 30.3 Å². The van der Waals surface area contributed by atoms with Crippen LogP contribution in [0.1, 0.15) is 5.56 Å². The van der Waals surface area contributed by atoms with E-state index in [4.69, 9.17) is 27.9 Å². The third-order valence-electron chi connectivity index (χ3n) is 5.52. The molecule has 0 aliphatic heterocycles. The molecule has 186 valence electrons. The van der Waals surface area contributed by atoms with E-state index in [-0.39, 0.29) is 33.8 Å². The van der Waals surface area contributed by atoms with Crippen LogP contribution in [-0.2, 0) is 14.8 Å². The summed E-state index contributed by atoms with van der Waals surface area (Å²) in [5.74, 6) is 0.222. The molecule has 0 aliphatic rings. The van der Waals surface area contributed by atoms with Crippen LogP contribution in [0.4, 0.5) is 5.69 Å². The van der Waals surface area contributed by atoms with Gasteiger partial charge in [0.05, 0.1) is 27.2 Å². The lowest BCUT2D eigenvalue weighted by Crippen LogP contribution is -2.42. The number of amides is 1. The van der Waals surface area contributed by atoms with Crippen LogP contribution in [0.25, 0.3) is 10.8 Å². The number of aryl methyl sites for hydroxylation is 1.